The van der Waals surface area contributed by atoms with Crippen LogP contribution in [0, 0.1) is 0 Å². The van der Waals surface area contributed by atoms with Crippen LogP contribution in [0.1, 0.15) is 0 Å². The van der Waals surface area contributed by atoms with Crippen LogP contribution in [-0.4, -0.2) is 516 Å². The Labute approximate surface area is 600 Å². The zero-order valence-corrected chi connectivity index (χ0v) is 55.6. The van der Waals surface area contributed by atoms with Crippen LogP contribution < -0.4 is 0 Å². The van der Waals surface area contributed by atoms with E-state index >= 15 is 86.3 Å². The molecule has 54 nitrogen and oxygen atoms in total. The Morgan fingerprint density at radius 2 is 0.130 bits per heavy atom. The topological polar surface area (TPSA) is 424 Å². The highest BCUT2D eigenvalue weighted by molar-refractivity contribution is 5.97. The molecule has 27 rings (SSSR count). The third-order valence-corrected chi connectivity index (χ3v) is 28.2. The average Bonchev–Trinajstić information content (AvgIpc) is 1.52. The van der Waals surface area contributed by atoms with Crippen LogP contribution in [-0.2, 0) is 0 Å². The van der Waals surface area contributed by atoms with Gasteiger partial charge in [0.2, 0.25) is 0 Å². The van der Waals surface area contributed by atoms with Gasteiger partial charge in [0.25, 0.3) is 0 Å². The number of carbonyl (C=O) groups is 18. The van der Waals surface area contributed by atoms with Gasteiger partial charge >= 0.3 is 109 Å². The lowest BCUT2D eigenvalue weighted by Crippen LogP contribution is -2.63. The highest BCUT2D eigenvalue weighted by Crippen LogP contribution is 2.54. The summed E-state index contributed by atoms with van der Waals surface area (Å²) in [5, 5.41) is 0. The Balaban J connectivity index is 0.599. The minimum absolute atomic E-state index is 0.587. The number of nitrogens with zero attached hydrogens (tertiary/aromatic N) is 36. The van der Waals surface area contributed by atoms with Gasteiger partial charge in [0.1, 0.15) is 120 Å². The first-order valence-electron chi connectivity index (χ1n) is 35.4. The fraction of sp³-hybridized carbons (Fsp3) is 0.667. The summed E-state index contributed by atoms with van der Waals surface area (Å²) < 4.78 is 0. The quantitative estimate of drug-likeness (QED) is 0.203. The zero-order chi connectivity index (χ0) is 72.3. The second kappa shape index (κ2) is 16.6. The Morgan fingerprint density at radius 3 is 0.167 bits per heavy atom. The van der Waals surface area contributed by atoms with Crippen molar-refractivity contribution in [3.05, 3.63) is 0 Å². The van der Waals surface area contributed by atoms with Gasteiger partial charge in [0, 0.05) is 0 Å². The molecule has 54 heteroatoms. The van der Waals surface area contributed by atoms with E-state index in [9.17, 15) is 0 Å². The molecule has 0 atom stereocenters. The second-order valence-corrected chi connectivity index (χ2v) is 32.0. The lowest BCUT2D eigenvalue weighted by molar-refractivity contribution is -0.0199. The van der Waals surface area contributed by atoms with E-state index in [0.29, 0.717) is 0 Å². The van der Waals surface area contributed by atoms with Crippen molar-refractivity contribution in [3.8, 4) is 0 Å². The van der Waals surface area contributed by atoms with E-state index in [1.54, 1.807) is 0 Å². The van der Waals surface area contributed by atoms with Crippen molar-refractivity contribution < 1.29 is 86.3 Å². The molecule has 0 bridgehead atoms. The van der Waals surface area contributed by atoms with Crippen LogP contribution in [0.3, 0.4) is 0 Å². The van der Waals surface area contributed by atoms with E-state index in [2.05, 4.69) is 0 Å². The molecule has 27 saturated heterocycles. The summed E-state index contributed by atoms with van der Waals surface area (Å²) in [7, 11) is 0. The van der Waals surface area contributed by atoms with Gasteiger partial charge in [-0.05, 0) is 0 Å². The molecular formula is C54H54N36O18. The molecular weight excluding hydrogens is 1460 g/mol. The van der Waals surface area contributed by atoms with Crippen LogP contribution in [0.2, 0.25) is 0 Å². The van der Waals surface area contributed by atoms with Gasteiger partial charge in [0.05, 0.1) is 0 Å². The van der Waals surface area contributed by atoms with Crippen molar-refractivity contribution >= 4 is 109 Å². The molecule has 0 aliphatic carbocycles. The van der Waals surface area contributed by atoms with Crippen molar-refractivity contribution in [2.45, 2.75) is 111 Å². The van der Waals surface area contributed by atoms with Crippen LogP contribution in [0.25, 0.3) is 0 Å². The Morgan fingerprint density at radius 1 is 0.0926 bits per heavy atom. The van der Waals surface area contributed by atoms with Crippen molar-refractivity contribution in [3.63, 3.8) is 0 Å². The van der Waals surface area contributed by atoms with E-state index in [0.717, 1.165) is 0 Å². The van der Waals surface area contributed by atoms with Crippen LogP contribution in [0.4, 0.5) is 86.3 Å². The average molecular weight is 1510 g/mol. The van der Waals surface area contributed by atoms with Crippen molar-refractivity contribution in [1.82, 2.24) is 176 Å². The van der Waals surface area contributed by atoms with Gasteiger partial charge in [-0.3, -0.25) is 176 Å². The molecule has 27 aliphatic rings. The van der Waals surface area contributed by atoms with E-state index < -0.39 is 340 Å². The molecule has 108 heavy (non-hydrogen) atoms. The highest BCUT2D eigenvalue weighted by Gasteiger charge is 2.79. The number of rotatable bonds is 0. The van der Waals surface area contributed by atoms with E-state index in [1.807, 2.05) is 0 Å². The first-order valence-corrected chi connectivity index (χ1v) is 35.4. The summed E-state index contributed by atoms with van der Waals surface area (Å²) in [6.45, 7) is -10.6. The third kappa shape index (κ3) is 5.35. The molecule has 0 N–H and O–H groups in total. The zero-order valence-electron chi connectivity index (χ0n) is 55.6. The number of urea groups is 18. The van der Waals surface area contributed by atoms with E-state index in [1.165, 1.54) is 176 Å². The van der Waals surface area contributed by atoms with Gasteiger partial charge < -0.3 is 0 Å². The number of hydrogen-bond donors (Lipinski definition) is 0. The molecule has 27 aliphatic heterocycles. The molecule has 0 aromatic carbocycles. The minimum Gasteiger partial charge on any atom is -0.282 e. The normalized spacial score (nSPS) is 40.3. The van der Waals surface area contributed by atoms with Crippen LogP contribution in [0.5, 0.6) is 0 Å². The Kier molecular flexibility index (Phi) is 8.65. The van der Waals surface area contributed by atoms with Crippen LogP contribution in [0.15, 0.2) is 0 Å². The fourth-order valence-corrected chi connectivity index (χ4v) is 24.0. The summed E-state index contributed by atoms with van der Waals surface area (Å²) in [6.07, 6.45) is -23.7. The SMILES string of the molecule is O=C1N2[13CH2]N3C(=O)N4[13CH2]N5C(=O)N6[13CH2]N7C(=O)N8[13CH2]N9C(=O)N%10[13CH2]N%11C(=O)N%12[13CH2]N%13C(=O)N%14[13CH2]N%15C(=O)N%16[13CH2]N%17C(=O)N%18[13CH2]N1C1C2N2[13CH2]N%19C(=O)N([13CH2]N%20C(=O)N([13CH2]N%21C(=O)N([13CH2]N%22C(=O)N([13CH2]N%23C(=O)N([13CH2]N%24C(=O)N([13CH2]N%25C(=O)N([13CH2]N%26C(=O)N([13CH2]N1C2=O)C%18C%17%26)C%16C%15%25)C%14C%13%24)C%12C%11%23)C%10C9%22)C8C7%21)C6C5%20)C4C3%19. The van der Waals surface area contributed by atoms with Crippen LogP contribution >= 0.6 is 0 Å². The molecule has 0 aromatic heterocycles. The summed E-state index contributed by atoms with van der Waals surface area (Å²) in [6, 6.07) is -14.0. The fourth-order valence-electron chi connectivity index (χ4n) is 24.0. The first-order chi connectivity index (χ1) is 52.1. The maximum atomic E-state index is 15.7. The minimum atomic E-state index is -1.32. The Bertz CT molecular complexity index is 3370. The van der Waals surface area contributed by atoms with Crippen molar-refractivity contribution in [2.24, 2.45) is 0 Å². The lowest BCUT2D eigenvalue weighted by atomic mass is 10.3. The predicted octanol–water partition coefficient (Wildman–Crippen LogP) is -8.50. The standard InChI is InChI=1S/C54H54N36O18/c91-37-55-1-56-20-22-60(38(56)92)4-64-24-26-68(42(64)96)8-72-28-30-76(46(72)100)12-80-32-34-84(50(80)104)16-88-36-35-87(53(88)107)15-83-33-31-79(49(83)103)11-75-29-27-71(45(75)99)7-67-25-23-63(41(67)95)3-59(37)21-19(55)57-2-58(20)40(94)62(22)6-66(24)44(98)70(26)10-74(28)48(102)78(30)14-82(32)52(106)86(34)18-90(36)54(108)89(35)17-85(33)51(105)81(31)13-77(29)47(101)73(27)9-69(25)43(97)65(23)5-61(21)39(57)93/h19-36H,1-18H2/i1+1,2+1,3+1,4+1,5+1,6+1,7+1,8+1,9+1,10+1,11+1,12+1,13+1,14+1,15+1,16+1,17+1,18+1. The van der Waals surface area contributed by atoms with Crippen molar-refractivity contribution in [2.75, 3.05) is 120 Å². The van der Waals surface area contributed by atoms with E-state index in [-0.39, 0.29) is 0 Å². The number of carbonyl (C=O) groups excluding carboxylic acids is 18. The Hall–Kier alpha value is -13.1. The highest BCUT2D eigenvalue weighted by atomic mass is 16.3. The van der Waals surface area contributed by atoms with Gasteiger partial charge in [-0.1, -0.05) is 0 Å². The smallest absolute Gasteiger partial charge is 0.282 e. The third-order valence-electron chi connectivity index (χ3n) is 28.2. The first kappa shape index (κ1) is 56.3. The molecule has 0 unspecified atom stereocenters. The molecule has 0 saturated carbocycles. The number of amides is 36. The molecule has 0 radical (unpaired) electrons. The molecule has 36 amide bonds. The molecule has 558 valence electrons. The summed E-state index contributed by atoms with van der Waals surface area (Å²) in [5.74, 6) is 0. The summed E-state index contributed by atoms with van der Waals surface area (Å²) in [4.78, 5) is 327. The van der Waals surface area contributed by atoms with Gasteiger partial charge in [-0.2, -0.15) is 0 Å². The lowest BCUT2D eigenvalue weighted by Gasteiger charge is -2.42. The summed E-state index contributed by atoms with van der Waals surface area (Å²) >= 11 is 0. The molecule has 0 spiro atoms. The molecule has 27 fully saturated rings. The molecule has 0 aromatic rings. The maximum absolute atomic E-state index is 15.7. The summed E-state index contributed by atoms with van der Waals surface area (Å²) in [5.41, 5.74) is 0. The van der Waals surface area contributed by atoms with Gasteiger partial charge in [0.15, 0.2) is 111 Å². The maximum Gasteiger partial charge on any atom is 0.326 e. The number of hydrogen-bond acceptors (Lipinski definition) is 18. The predicted molar refractivity (Wildman–Crippen MR) is 319 cm³/mol. The van der Waals surface area contributed by atoms with E-state index in [4.69, 9.17) is 0 Å². The van der Waals surface area contributed by atoms with Gasteiger partial charge in [-0.25, -0.2) is 86.3 Å². The molecule has 27 heterocycles. The monoisotopic (exact) mass is 1510 g/mol. The van der Waals surface area contributed by atoms with Crippen molar-refractivity contribution in [1.29, 1.82) is 0 Å². The largest absolute Gasteiger partial charge is 0.326 e. The van der Waals surface area contributed by atoms with Gasteiger partial charge in [-0.15, -0.1) is 0 Å². The second-order valence-electron chi connectivity index (χ2n) is 32.0.